The van der Waals surface area contributed by atoms with E-state index in [4.69, 9.17) is 11.6 Å². The molecule has 0 aliphatic carbocycles. The zero-order chi connectivity index (χ0) is 22.1. The van der Waals surface area contributed by atoms with E-state index in [1.54, 1.807) is 0 Å². The molecule has 0 bridgehead atoms. The quantitative estimate of drug-likeness (QED) is 0.711. The minimum absolute atomic E-state index is 0.0332. The fraction of sp³-hybridized carbons (Fsp3) is 0.389. The summed E-state index contributed by atoms with van der Waals surface area (Å²) >= 11 is 6.77. The first kappa shape index (κ1) is 22.9. The number of amides is 2. The second-order valence-corrected chi connectivity index (χ2v) is 10.6. The van der Waals surface area contributed by atoms with Gasteiger partial charge in [0.05, 0.1) is 15.9 Å². The van der Waals surface area contributed by atoms with Gasteiger partial charge in [0, 0.05) is 26.2 Å². The van der Waals surface area contributed by atoms with Crippen LogP contribution in [0.3, 0.4) is 0 Å². The number of sulfonamides is 1. The summed E-state index contributed by atoms with van der Waals surface area (Å²) in [4.78, 5) is 13.9. The molecule has 3 rings (SSSR count). The van der Waals surface area contributed by atoms with E-state index in [9.17, 15) is 26.4 Å². The number of rotatable bonds is 4. The number of benzene rings is 1. The minimum Gasteiger partial charge on any atom is -0.331 e. The molecule has 0 radical (unpaired) electrons. The van der Waals surface area contributed by atoms with Gasteiger partial charge in [-0.05, 0) is 30.7 Å². The highest BCUT2D eigenvalue weighted by Gasteiger charge is 2.35. The van der Waals surface area contributed by atoms with Gasteiger partial charge in [-0.3, -0.25) is 0 Å². The molecular formula is C18H19ClF3N3O3S2. The molecule has 1 aromatic heterocycles. The Bertz CT molecular complexity index is 1020. The van der Waals surface area contributed by atoms with Crippen molar-refractivity contribution < 1.29 is 26.4 Å². The van der Waals surface area contributed by atoms with Crippen molar-refractivity contribution in [1.82, 2.24) is 14.5 Å². The number of hydrogen-bond acceptors (Lipinski definition) is 4. The molecule has 2 heterocycles. The molecule has 1 aliphatic rings. The van der Waals surface area contributed by atoms with Crippen molar-refractivity contribution in [3.8, 4) is 0 Å². The zero-order valence-corrected chi connectivity index (χ0v) is 18.2. The molecule has 164 valence electrons. The van der Waals surface area contributed by atoms with Crippen LogP contribution in [0.4, 0.5) is 18.0 Å². The molecular weight excluding hydrogens is 463 g/mol. The van der Waals surface area contributed by atoms with Crippen LogP contribution in [0.25, 0.3) is 0 Å². The Morgan fingerprint density at radius 1 is 1.13 bits per heavy atom. The van der Waals surface area contributed by atoms with E-state index in [1.807, 2.05) is 0 Å². The molecule has 2 aromatic rings. The summed E-state index contributed by atoms with van der Waals surface area (Å²) in [7, 11) is -3.69. The van der Waals surface area contributed by atoms with Gasteiger partial charge < -0.3 is 10.2 Å². The summed E-state index contributed by atoms with van der Waals surface area (Å²) in [6, 6.07) is 6.59. The van der Waals surface area contributed by atoms with E-state index in [1.165, 1.54) is 46.5 Å². The van der Waals surface area contributed by atoms with Crippen LogP contribution in [0.15, 0.2) is 40.6 Å². The number of nitrogens with zero attached hydrogens (tertiary/aromatic N) is 2. The van der Waals surface area contributed by atoms with Gasteiger partial charge in [0.1, 0.15) is 4.21 Å². The van der Waals surface area contributed by atoms with Crippen LogP contribution in [-0.4, -0.2) is 49.8 Å². The maximum absolute atomic E-state index is 13.2. The third-order valence-electron chi connectivity index (χ3n) is 4.74. The summed E-state index contributed by atoms with van der Waals surface area (Å²) in [6.07, 6.45) is -4.53. The lowest BCUT2D eigenvalue weighted by molar-refractivity contribution is -0.138. The van der Waals surface area contributed by atoms with E-state index in [0.717, 1.165) is 17.4 Å². The van der Waals surface area contributed by atoms with Gasteiger partial charge in [0.15, 0.2) is 0 Å². The van der Waals surface area contributed by atoms with Crippen LogP contribution in [0.1, 0.15) is 24.1 Å². The molecule has 6 nitrogen and oxygen atoms in total. The molecule has 1 N–H and O–H groups in total. The Balaban J connectivity index is 1.62. The van der Waals surface area contributed by atoms with Gasteiger partial charge >= 0.3 is 12.2 Å². The summed E-state index contributed by atoms with van der Waals surface area (Å²) in [5.41, 5.74) is -0.836. The maximum Gasteiger partial charge on any atom is 0.416 e. The van der Waals surface area contributed by atoms with Gasteiger partial charge in [-0.15, -0.1) is 11.3 Å². The van der Waals surface area contributed by atoms with Crippen LogP contribution in [0.5, 0.6) is 0 Å². The van der Waals surface area contributed by atoms with Crippen molar-refractivity contribution in [3.63, 3.8) is 0 Å². The summed E-state index contributed by atoms with van der Waals surface area (Å²) < 4.78 is 66.6. The van der Waals surface area contributed by atoms with Gasteiger partial charge in [0.25, 0.3) is 10.0 Å². The highest BCUT2D eigenvalue weighted by atomic mass is 35.5. The zero-order valence-electron chi connectivity index (χ0n) is 15.8. The SMILES string of the molecule is CC(NC(=O)N1CCN(S(=O)(=O)c2ccc(Cl)s2)CC1)c1ccccc1C(F)(F)F. The second kappa shape index (κ2) is 8.74. The average molecular weight is 482 g/mol. The number of urea groups is 1. The Hall–Kier alpha value is -1.82. The van der Waals surface area contributed by atoms with Crippen molar-refractivity contribution in [1.29, 1.82) is 0 Å². The molecule has 0 saturated carbocycles. The first-order valence-electron chi connectivity index (χ1n) is 8.97. The fourth-order valence-electron chi connectivity index (χ4n) is 3.18. The smallest absolute Gasteiger partial charge is 0.331 e. The Morgan fingerprint density at radius 3 is 2.33 bits per heavy atom. The largest absolute Gasteiger partial charge is 0.416 e. The Labute approximate surface area is 181 Å². The number of nitrogens with one attached hydrogen (secondary N) is 1. The van der Waals surface area contributed by atoms with Crippen molar-refractivity contribution in [2.75, 3.05) is 26.2 Å². The monoisotopic (exact) mass is 481 g/mol. The van der Waals surface area contributed by atoms with Gasteiger partial charge in [-0.1, -0.05) is 29.8 Å². The van der Waals surface area contributed by atoms with Gasteiger partial charge in [0.2, 0.25) is 0 Å². The second-order valence-electron chi connectivity index (χ2n) is 6.71. The molecule has 1 aliphatic heterocycles. The predicted octanol–water partition coefficient (Wildman–Crippen LogP) is 4.20. The first-order chi connectivity index (χ1) is 14.0. The molecule has 1 unspecified atom stereocenters. The molecule has 30 heavy (non-hydrogen) atoms. The van der Waals surface area contributed by atoms with Crippen LogP contribution in [-0.2, 0) is 16.2 Å². The maximum atomic E-state index is 13.2. The fourth-order valence-corrected chi connectivity index (χ4v) is 6.24. The minimum atomic E-state index is -4.53. The van der Waals surface area contributed by atoms with E-state index >= 15 is 0 Å². The van der Waals surface area contributed by atoms with E-state index in [-0.39, 0.29) is 36.0 Å². The van der Waals surface area contributed by atoms with Crippen molar-refractivity contribution in [2.24, 2.45) is 0 Å². The molecule has 12 heteroatoms. The Morgan fingerprint density at radius 2 is 1.77 bits per heavy atom. The van der Waals surface area contributed by atoms with Gasteiger partial charge in [-0.2, -0.15) is 17.5 Å². The number of halogens is 4. The van der Waals surface area contributed by atoms with E-state index in [0.29, 0.717) is 4.34 Å². The molecule has 1 aromatic carbocycles. The lowest BCUT2D eigenvalue weighted by atomic mass is 10.0. The number of alkyl halides is 3. The highest BCUT2D eigenvalue weighted by molar-refractivity contribution is 7.91. The first-order valence-corrected chi connectivity index (χ1v) is 11.6. The molecule has 1 atom stereocenters. The standard InChI is InChI=1S/C18H19ClF3N3O3S2/c1-12(13-4-2-3-5-14(13)18(20,21)22)23-17(26)24-8-10-25(11-9-24)30(27,28)16-7-6-15(19)29-16/h2-7,12H,8-11H2,1H3,(H,23,26). The lowest BCUT2D eigenvalue weighted by Crippen LogP contribution is -2.53. The summed E-state index contributed by atoms with van der Waals surface area (Å²) in [6.45, 7) is 1.89. The van der Waals surface area contributed by atoms with Gasteiger partial charge in [-0.25, -0.2) is 13.2 Å². The van der Waals surface area contributed by atoms with Crippen LogP contribution >= 0.6 is 22.9 Å². The van der Waals surface area contributed by atoms with Crippen molar-refractivity contribution >= 4 is 39.0 Å². The summed E-state index contributed by atoms with van der Waals surface area (Å²) in [5, 5.41) is 2.57. The number of thiophene rings is 1. The topological polar surface area (TPSA) is 69.7 Å². The Kier molecular flexibility index (Phi) is 6.66. The average Bonchev–Trinajstić information content (AvgIpc) is 3.14. The third kappa shape index (κ3) is 4.90. The molecule has 0 spiro atoms. The van der Waals surface area contributed by atoms with Crippen molar-refractivity contribution in [2.45, 2.75) is 23.4 Å². The van der Waals surface area contributed by atoms with Crippen molar-refractivity contribution in [3.05, 3.63) is 51.9 Å². The number of carbonyl (C=O) groups excluding carboxylic acids is 1. The van der Waals surface area contributed by atoms with Crippen LogP contribution in [0, 0.1) is 0 Å². The van der Waals surface area contributed by atoms with E-state index in [2.05, 4.69) is 5.32 Å². The van der Waals surface area contributed by atoms with Crippen LogP contribution in [0.2, 0.25) is 4.34 Å². The number of carbonyl (C=O) groups is 1. The predicted molar refractivity (Wildman–Crippen MR) is 108 cm³/mol. The summed E-state index contributed by atoms with van der Waals surface area (Å²) in [5.74, 6) is 0. The number of hydrogen-bond donors (Lipinski definition) is 1. The third-order valence-corrected chi connectivity index (χ3v) is 8.34. The molecule has 2 amide bonds. The lowest BCUT2D eigenvalue weighted by Gasteiger charge is -2.34. The number of piperazine rings is 1. The van der Waals surface area contributed by atoms with Crippen LogP contribution < -0.4 is 5.32 Å². The highest BCUT2D eigenvalue weighted by Crippen LogP contribution is 2.34. The normalized spacial score (nSPS) is 17.0. The molecule has 1 saturated heterocycles. The molecule has 1 fully saturated rings. The van der Waals surface area contributed by atoms with E-state index < -0.39 is 33.8 Å².